The van der Waals surface area contributed by atoms with Crippen molar-refractivity contribution >= 4 is 11.0 Å². The van der Waals surface area contributed by atoms with Gasteiger partial charge in [0.15, 0.2) is 11.3 Å². The van der Waals surface area contributed by atoms with E-state index in [-0.39, 0.29) is 11.3 Å². The zero-order valence-corrected chi connectivity index (χ0v) is 16.7. The quantitative estimate of drug-likeness (QED) is 0.411. The minimum Gasteiger partial charge on any atom is -0.458 e. The average Bonchev–Trinajstić information content (AvgIpc) is 2.69. The molecule has 6 unspecified atom stereocenters. The van der Waals surface area contributed by atoms with E-state index in [2.05, 4.69) is 0 Å². The summed E-state index contributed by atoms with van der Waals surface area (Å²) >= 11 is 0. The number of benzene rings is 1. The Morgan fingerprint density at radius 3 is 2.57 bits per heavy atom. The molecule has 6 atom stereocenters. The number of rotatable bonds is 3. The summed E-state index contributed by atoms with van der Waals surface area (Å²) in [5.41, 5.74) is 0.594. The van der Waals surface area contributed by atoms with Crippen molar-refractivity contribution in [3.8, 4) is 5.75 Å². The van der Waals surface area contributed by atoms with E-state index in [1.54, 1.807) is 6.07 Å². The van der Waals surface area contributed by atoms with Gasteiger partial charge < -0.3 is 39.4 Å². The van der Waals surface area contributed by atoms with Gasteiger partial charge in [-0.05, 0) is 36.0 Å². The number of hydrogen-bond acceptors (Lipinski definition) is 9. The molecule has 164 valence electrons. The monoisotopic (exact) mass is 422 g/mol. The lowest BCUT2D eigenvalue weighted by atomic mass is 9.71. The Balaban J connectivity index is 1.83. The fourth-order valence-corrected chi connectivity index (χ4v) is 4.12. The highest BCUT2D eigenvalue weighted by Crippen LogP contribution is 2.43. The fraction of sp³-hybridized carbons (Fsp3) is 0.571. The Kier molecular flexibility index (Phi) is 5.38. The summed E-state index contributed by atoms with van der Waals surface area (Å²) in [6.07, 6.45) is -7.09. The number of ether oxygens (including phenoxy) is 2. The first-order valence-corrected chi connectivity index (χ1v) is 9.86. The molecular weight excluding hydrogens is 396 g/mol. The summed E-state index contributed by atoms with van der Waals surface area (Å²) in [7, 11) is 0. The van der Waals surface area contributed by atoms with E-state index < -0.39 is 54.5 Å². The standard InChI is InChI=1S/C21H26O9/c1-21(2)7-11-10(6-13(21)23)5-9-3-4-14(24)29-18(9)19(11)30-20-17(27)16(26)15(25)12(8-22)28-20/h3-5,12-13,15-17,20,22-23,25-27H,6-8H2,1-2H3. The summed E-state index contributed by atoms with van der Waals surface area (Å²) in [6.45, 7) is 3.22. The van der Waals surface area contributed by atoms with Crippen LogP contribution in [-0.2, 0) is 17.6 Å². The Bertz CT molecular complexity index is 996. The SMILES string of the molecule is CC1(C)Cc2c(cc3ccc(=O)oc3c2OC2OC(CO)C(O)C(O)C2O)CC1O. The first kappa shape index (κ1) is 21.2. The molecule has 1 aromatic carbocycles. The molecule has 1 aliphatic heterocycles. The molecule has 5 N–H and O–H groups in total. The average molecular weight is 422 g/mol. The molecule has 30 heavy (non-hydrogen) atoms. The Morgan fingerprint density at radius 2 is 1.87 bits per heavy atom. The highest BCUT2D eigenvalue weighted by molar-refractivity contribution is 5.85. The first-order valence-electron chi connectivity index (χ1n) is 9.86. The summed E-state index contributed by atoms with van der Waals surface area (Å²) in [5.74, 6) is 0.171. The van der Waals surface area contributed by atoms with Crippen molar-refractivity contribution in [1.82, 2.24) is 0 Å². The van der Waals surface area contributed by atoms with E-state index >= 15 is 0 Å². The summed E-state index contributed by atoms with van der Waals surface area (Å²) < 4.78 is 16.8. The van der Waals surface area contributed by atoms with Crippen LogP contribution in [0, 0.1) is 5.41 Å². The van der Waals surface area contributed by atoms with Crippen molar-refractivity contribution in [3.05, 3.63) is 39.7 Å². The zero-order valence-electron chi connectivity index (χ0n) is 16.7. The van der Waals surface area contributed by atoms with Gasteiger partial charge in [-0.2, -0.15) is 0 Å². The van der Waals surface area contributed by atoms with Crippen LogP contribution in [0.1, 0.15) is 25.0 Å². The fourth-order valence-electron chi connectivity index (χ4n) is 4.12. The maximum absolute atomic E-state index is 11.9. The molecule has 9 heteroatoms. The van der Waals surface area contributed by atoms with E-state index in [1.807, 2.05) is 19.9 Å². The van der Waals surface area contributed by atoms with E-state index in [1.165, 1.54) is 6.07 Å². The molecule has 2 aliphatic rings. The van der Waals surface area contributed by atoms with Gasteiger partial charge in [-0.15, -0.1) is 0 Å². The van der Waals surface area contributed by atoms with Crippen LogP contribution < -0.4 is 10.4 Å². The molecule has 9 nitrogen and oxygen atoms in total. The van der Waals surface area contributed by atoms with Gasteiger partial charge >= 0.3 is 5.63 Å². The van der Waals surface area contributed by atoms with Crippen LogP contribution in [0.15, 0.2) is 27.4 Å². The molecule has 0 bridgehead atoms. The van der Waals surface area contributed by atoms with Crippen LogP contribution in [0.25, 0.3) is 11.0 Å². The molecule has 1 saturated heterocycles. The van der Waals surface area contributed by atoms with Gasteiger partial charge in [0, 0.05) is 17.0 Å². The molecule has 2 heterocycles. The summed E-state index contributed by atoms with van der Waals surface area (Å²) in [5, 5.41) is 51.0. The molecule has 0 amide bonds. The normalized spacial score (nSPS) is 33.3. The van der Waals surface area contributed by atoms with Crippen molar-refractivity contribution in [2.75, 3.05) is 6.61 Å². The van der Waals surface area contributed by atoms with Crippen molar-refractivity contribution in [3.63, 3.8) is 0 Å². The van der Waals surface area contributed by atoms with Crippen molar-refractivity contribution < 1.29 is 39.4 Å². The molecule has 0 saturated carbocycles. The molecular formula is C21H26O9. The second kappa shape index (κ2) is 7.60. The minimum absolute atomic E-state index is 0.158. The highest BCUT2D eigenvalue weighted by Gasteiger charge is 2.46. The lowest BCUT2D eigenvalue weighted by Gasteiger charge is -2.41. The van der Waals surface area contributed by atoms with Crippen LogP contribution in [0.3, 0.4) is 0 Å². The second-order valence-corrected chi connectivity index (χ2v) is 8.72. The van der Waals surface area contributed by atoms with E-state index in [0.29, 0.717) is 23.8 Å². The van der Waals surface area contributed by atoms with Crippen LogP contribution >= 0.6 is 0 Å². The maximum Gasteiger partial charge on any atom is 0.336 e. The van der Waals surface area contributed by atoms with Gasteiger partial charge in [-0.3, -0.25) is 0 Å². The number of fused-ring (bicyclic) bond motifs is 2. The lowest BCUT2D eigenvalue weighted by Crippen LogP contribution is -2.60. The number of aliphatic hydroxyl groups excluding tert-OH is 5. The number of hydrogen-bond donors (Lipinski definition) is 5. The number of aliphatic hydroxyl groups is 5. The Hall–Kier alpha value is -2.01. The highest BCUT2D eigenvalue weighted by atomic mass is 16.7. The van der Waals surface area contributed by atoms with E-state index in [0.717, 1.165) is 5.56 Å². The molecule has 0 radical (unpaired) electrons. The molecule has 1 aromatic heterocycles. The minimum atomic E-state index is -1.61. The summed E-state index contributed by atoms with van der Waals surface area (Å²) in [4.78, 5) is 11.9. The van der Waals surface area contributed by atoms with E-state index in [4.69, 9.17) is 13.9 Å². The summed E-state index contributed by atoms with van der Waals surface area (Å²) in [6, 6.07) is 4.68. The van der Waals surface area contributed by atoms with Crippen LogP contribution in [0.2, 0.25) is 0 Å². The van der Waals surface area contributed by atoms with Crippen molar-refractivity contribution in [1.29, 1.82) is 0 Å². The van der Waals surface area contributed by atoms with Crippen molar-refractivity contribution in [2.24, 2.45) is 5.41 Å². The predicted molar refractivity (Wildman–Crippen MR) is 104 cm³/mol. The van der Waals surface area contributed by atoms with Crippen molar-refractivity contribution in [2.45, 2.75) is 63.5 Å². The van der Waals surface area contributed by atoms with Gasteiger partial charge in [0.1, 0.15) is 24.4 Å². The second-order valence-electron chi connectivity index (χ2n) is 8.72. The van der Waals surface area contributed by atoms with Gasteiger partial charge in [-0.1, -0.05) is 13.8 Å². The van der Waals surface area contributed by atoms with E-state index in [9.17, 15) is 30.3 Å². The van der Waals surface area contributed by atoms with Crippen LogP contribution in [0.5, 0.6) is 5.75 Å². The molecule has 1 fully saturated rings. The van der Waals surface area contributed by atoms with Crippen LogP contribution in [0.4, 0.5) is 0 Å². The van der Waals surface area contributed by atoms with Gasteiger partial charge in [0.2, 0.25) is 6.29 Å². The molecule has 1 aliphatic carbocycles. The largest absolute Gasteiger partial charge is 0.458 e. The Morgan fingerprint density at radius 1 is 1.13 bits per heavy atom. The Labute approximate surface area is 172 Å². The zero-order chi connectivity index (χ0) is 21.8. The first-order chi connectivity index (χ1) is 14.1. The maximum atomic E-state index is 11.9. The predicted octanol–water partition coefficient (Wildman–Crippen LogP) is -0.543. The van der Waals surface area contributed by atoms with Gasteiger partial charge in [-0.25, -0.2) is 4.79 Å². The molecule has 0 spiro atoms. The molecule has 4 rings (SSSR count). The third kappa shape index (κ3) is 3.51. The van der Waals surface area contributed by atoms with Gasteiger partial charge in [0.25, 0.3) is 0 Å². The topological polar surface area (TPSA) is 150 Å². The third-order valence-corrected chi connectivity index (χ3v) is 6.09. The smallest absolute Gasteiger partial charge is 0.336 e. The van der Waals surface area contributed by atoms with Gasteiger partial charge in [0.05, 0.1) is 12.7 Å². The third-order valence-electron chi connectivity index (χ3n) is 6.09. The van der Waals surface area contributed by atoms with Crippen LogP contribution in [-0.4, -0.2) is 68.9 Å². The lowest BCUT2D eigenvalue weighted by molar-refractivity contribution is -0.277. The molecule has 2 aromatic rings.